The van der Waals surface area contributed by atoms with Crippen molar-refractivity contribution in [3.63, 3.8) is 0 Å². The molecule has 0 unspecified atom stereocenters. The number of esters is 1. The molecule has 0 amide bonds. The van der Waals surface area contributed by atoms with Crippen LogP contribution >= 0.6 is 22.6 Å². The highest BCUT2D eigenvalue weighted by Crippen LogP contribution is 2.08. The number of rotatable bonds is 16. The lowest BCUT2D eigenvalue weighted by atomic mass is 10.1. The minimum absolute atomic E-state index is 0.0349. The third-order valence-corrected chi connectivity index (χ3v) is 4.11. The first-order valence-electron chi connectivity index (χ1n) is 9.32. The Morgan fingerprint density at radius 1 is 0.870 bits per heavy atom. The number of ether oxygens (including phenoxy) is 1. The summed E-state index contributed by atoms with van der Waals surface area (Å²) in [5, 5.41) is 0. The zero-order valence-corrected chi connectivity index (χ0v) is 17.1. The van der Waals surface area contributed by atoms with Crippen LogP contribution in [0, 0.1) is 0 Å². The second kappa shape index (κ2) is 19.7. The third kappa shape index (κ3) is 19.6. The Kier molecular flexibility index (Phi) is 19.5. The minimum Gasteiger partial charge on any atom is -0.465 e. The summed E-state index contributed by atoms with van der Waals surface area (Å²) in [5.74, 6) is -0.0349. The van der Waals surface area contributed by atoms with Crippen LogP contribution in [0.3, 0.4) is 0 Å². The van der Waals surface area contributed by atoms with Gasteiger partial charge in [-0.15, -0.1) is 0 Å². The van der Waals surface area contributed by atoms with E-state index in [0.29, 0.717) is 13.0 Å². The number of unbranched alkanes of at least 4 members (excludes halogenated alkanes) is 8. The fraction of sp³-hybridized carbons (Fsp3) is 0.750. The molecule has 0 N–H and O–H groups in total. The molecule has 0 atom stereocenters. The number of halogens is 1. The summed E-state index contributed by atoms with van der Waals surface area (Å²) in [5.41, 5.74) is 0. The van der Waals surface area contributed by atoms with Gasteiger partial charge in [-0.2, -0.15) is 0 Å². The van der Waals surface area contributed by atoms with Gasteiger partial charge in [-0.1, -0.05) is 85.9 Å². The number of carbonyl (C=O) groups is 1. The first-order valence-corrected chi connectivity index (χ1v) is 10.9. The Hall–Kier alpha value is -0.320. The summed E-state index contributed by atoms with van der Waals surface area (Å²) in [4.78, 5) is 11.3. The molecule has 0 aliphatic carbocycles. The molecule has 0 bridgehead atoms. The van der Waals surface area contributed by atoms with E-state index in [4.69, 9.17) is 4.74 Å². The highest BCUT2D eigenvalue weighted by Gasteiger charge is 2.01. The van der Waals surface area contributed by atoms with E-state index in [1.807, 2.05) is 0 Å². The molecular weight excluding hydrogens is 399 g/mol. The Morgan fingerprint density at radius 2 is 1.48 bits per heavy atom. The van der Waals surface area contributed by atoms with Gasteiger partial charge in [0.2, 0.25) is 0 Å². The largest absolute Gasteiger partial charge is 0.465 e. The summed E-state index contributed by atoms with van der Waals surface area (Å²) < 4.78 is 5.93. The molecule has 0 rings (SSSR count). The van der Waals surface area contributed by atoms with Crippen LogP contribution in [-0.4, -0.2) is 17.0 Å². The van der Waals surface area contributed by atoms with E-state index in [2.05, 4.69) is 53.8 Å². The third-order valence-electron chi connectivity index (χ3n) is 3.67. The van der Waals surface area contributed by atoms with Crippen LogP contribution in [0.4, 0.5) is 0 Å². The standard InChI is InChI=1S/C20H35IO2/c1-2-3-4-5-6-7-8-9-10-11-12-13-14-15-16-17-20(22)23-19-18-21/h6-7,9-10H,2-5,8,11-19H2,1H3/b7-6-,10-9-. The highest BCUT2D eigenvalue weighted by molar-refractivity contribution is 14.1. The lowest BCUT2D eigenvalue weighted by Crippen LogP contribution is -2.05. The number of carbonyl (C=O) groups excluding carboxylic acids is 1. The SMILES string of the molecule is CCCCC/C=C\C/C=C\CCCCCCCC(=O)OCCI. The summed E-state index contributed by atoms with van der Waals surface area (Å²) in [6.07, 6.45) is 23.1. The van der Waals surface area contributed by atoms with E-state index in [1.165, 1.54) is 51.4 Å². The molecule has 0 aliphatic rings. The molecule has 134 valence electrons. The smallest absolute Gasteiger partial charge is 0.305 e. The average Bonchev–Trinajstić information content (AvgIpc) is 2.56. The van der Waals surface area contributed by atoms with Crippen molar-refractivity contribution >= 4 is 28.6 Å². The van der Waals surface area contributed by atoms with E-state index in [-0.39, 0.29) is 5.97 Å². The molecular formula is C20H35IO2. The van der Waals surface area contributed by atoms with Crippen LogP contribution in [0.25, 0.3) is 0 Å². The molecule has 0 heterocycles. The van der Waals surface area contributed by atoms with Crippen molar-refractivity contribution in [3.8, 4) is 0 Å². The number of hydrogen-bond acceptors (Lipinski definition) is 2. The van der Waals surface area contributed by atoms with Gasteiger partial charge in [0.15, 0.2) is 0 Å². The van der Waals surface area contributed by atoms with Crippen molar-refractivity contribution in [2.75, 3.05) is 11.0 Å². The molecule has 0 fully saturated rings. The van der Waals surface area contributed by atoms with Crippen molar-refractivity contribution < 1.29 is 9.53 Å². The van der Waals surface area contributed by atoms with E-state index < -0.39 is 0 Å². The predicted molar refractivity (Wildman–Crippen MR) is 109 cm³/mol. The van der Waals surface area contributed by atoms with Gasteiger partial charge in [-0.3, -0.25) is 4.79 Å². The number of hydrogen-bond donors (Lipinski definition) is 0. The predicted octanol–water partition coefficient (Wildman–Crippen LogP) is 6.78. The molecule has 0 saturated carbocycles. The summed E-state index contributed by atoms with van der Waals surface area (Å²) in [7, 11) is 0. The fourth-order valence-electron chi connectivity index (χ4n) is 2.31. The number of allylic oxidation sites excluding steroid dienone is 4. The normalized spacial score (nSPS) is 11.6. The van der Waals surface area contributed by atoms with Crippen LogP contribution in [-0.2, 0) is 9.53 Å². The first-order chi connectivity index (χ1) is 11.3. The topological polar surface area (TPSA) is 26.3 Å². The van der Waals surface area contributed by atoms with Crippen LogP contribution < -0.4 is 0 Å². The molecule has 0 saturated heterocycles. The van der Waals surface area contributed by atoms with Gasteiger partial charge in [-0.25, -0.2) is 0 Å². The van der Waals surface area contributed by atoms with Crippen molar-refractivity contribution in [1.29, 1.82) is 0 Å². The Labute approximate surface area is 157 Å². The molecule has 23 heavy (non-hydrogen) atoms. The molecule has 3 heteroatoms. The lowest BCUT2D eigenvalue weighted by molar-refractivity contribution is -0.143. The average molecular weight is 434 g/mol. The van der Waals surface area contributed by atoms with E-state index in [9.17, 15) is 4.79 Å². The number of alkyl halides is 1. The molecule has 0 aromatic carbocycles. The maximum absolute atomic E-state index is 11.3. The van der Waals surface area contributed by atoms with Crippen LogP contribution in [0.5, 0.6) is 0 Å². The Bertz CT molecular complexity index is 311. The Balaban J connectivity index is 3.23. The lowest BCUT2D eigenvalue weighted by Gasteiger charge is -2.02. The molecule has 0 aliphatic heterocycles. The van der Waals surface area contributed by atoms with Crippen molar-refractivity contribution in [2.45, 2.75) is 84.0 Å². The van der Waals surface area contributed by atoms with Gasteiger partial charge < -0.3 is 4.74 Å². The van der Waals surface area contributed by atoms with Crippen LogP contribution in [0.1, 0.15) is 84.0 Å². The Morgan fingerprint density at radius 3 is 2.13 bits per heavy atom. The summed E-state index contributed by atoms with van der Waals surface area (Å²) >= 11 is 2.21. The summed E-state index contributed by atoms with van der Waals surface area (Å²) in [6.45, 7) is 2.80. The zero-order valence-electron chi connectivity index (χ0n) is 14.9. The van der Waals surface area contributed by atoms with E-state index >= 15 is 0 Å². The van der Waals surface area contributed by atoms with Crippen molar-refractivity contribution in [2.24, 2.45) is 0 Å². The first kappa shape index (κ1) is 22.7. The van der Waals surface area contributed by atoms with Gasteiger partial charge in [0, 0.05) is 10.8 Å². The molecule has 0 aromatic heterocycles. The molecule has 0 radical (unpaired) electrons. The van der Waals surface area contributed by atoms with Crippen LogP contribution in [0.2, 0.25) is 0 Å². The molecule has 0 spiro atoms. The van der Waals surface area contributed by atoms with Gasteiger partial charge in [0.25, 0.3) is 0 Å². The maximum Gasteiger partial charge on any atom is 0.305 e. The van der Waals surface area contributed by atoms with Crippen LogP contribution in [0.15, 0.2) is 24.3 Å². The highest BCUT2D eigenvalue weighted by atomic mass is 127. The summed E-state index contributed by atoms with van der Waals surface area (Å²) in [6, 6.07) is 0. The van der Waals surface area contributed by atoms with E-state index in [1.54, 1.807) is 0 Å². The van der Waals surface area contributed by atoms with Crippen molar-refractivity contribution in [3.05, 3.63) is 24.3 Å². The van der Waals surface area contributed by atoms with Crippen molar-refractivity contribution in [1.82, 2.24) is 0 Å². The van der Waals surface area contributed by atoms with Gasteiger partial charge in [-0.05, 0) is 38.5 Å². The molecule has 0 aromatic rings. The zero-order chi connectivity index (χ0) is 17.0. The van der Waals surface area contributed by atoms with Gasteiger partial charge >= 0.3 is 5.97 Å². The second-order valence-corrected chi connectivity index (χ2v) is 6.97. The fourth-order valence-corrected chi connectivity index (χ4v) is 2.53. The second-order valence-electron chi connectivity index (χ2n) is 5.89. The van der Waals surface area contributed by atoms with Gasteiger partial charge in [0.1, 0.15) is 6.61 Å². The monoisotopic (exact) mass is 434 g/mol. The van der Waals surface area contributed by atoms with Gasteiger partial charge in [0.05, 0.1) is 0 Å². The quantitative estimate of drug-likeness (QED) is 0.0880. The van der Waals surface area contributed by atoms with E-state index in [0.717, 1.165) is 23.7 Å². The minimum atomic E-state index is -0.0349. The molecule has 2 nitrogen and oxygen atoms in total. The maximum atomic E-state index is 11.3.